The molecule has 0 amide bonds. The zero-order valence-corrected chi connectivity index (χ0v) is 14.5. The number of carbonyl (C=O) groups is 2. The van der Waals surface area contributed by atoms with Crippen molar-refractivity contribution in [1.29, 1.82) is 0 Å². The molecule has 15 heteroatoms. The number of halogens is 6. The minimum absolute atomic E-state index is 1.07. The molecule has 0 rings (SSSR count). The van der Waals surface area contributed by atoms with Gasteiger partial charge in [-0.1, -0.05) is 6.58 Å². The highest BCUT2D eigenvalue weighted by Crippen LogP contribution is 2.38. The molecule has 0 aromatic heterocycles. The lowest BCUT2D eigenvalue weighted by molar-refractivity contribution is -0.356. The van der Waals surface area contributed by atoms with E-state index in [2.05, 4.69) is 20.8 Å². The Hall–Kier alpha value is -1.87. The first-order valence-electron chi connectivity index (χ1n) is 6.71. The van der Waals surface area contributed by atoms with Crippen molar-refractivity contribution in [3.05, 3.63) is 12.4 Å². The predicted octanol–water partition coefficient (Wildman–Crippen LogP) is 2.11. The van der Waals surface area contributed by atoms with Crippen molar-refractivity contribution < 1.29 is 63.1 Å². The lowest BCUT2D eigenvalue weighted by Crippen LogP contribution is -2.59. The maximum atomic E-state index is 13.3. The van der Waals surface area contributed by atoms with Crippen LogP contribution in [0.15, 0.2) is 12.4 Å². The van der Waals surface area contributed by atoms with Gasteiger partial charge in [0.25, 0.3) is 0 Å². The van der Waals surface area contributed by atoms with E-state index in [9.17, 15) is 44.3 Å². The van der Waals surface area contributed by atoms with Crippen LogP contribution in [0.1, 0.15) is 20.3 Å². The van der Waals surface area contributed by atoms with Crippen LogP contribution in [-0.2, 0) is 33.9 Å². The molecule has 0 aliphatic carbocycles. The lowest BCUT2D eigenvalue weighted by atomic mass is 10.2. The second-order valence-electron chi connectivity index (χ2n) is 5.07. The Balaban J connectivity index is 5.90. The number of ether oxygens (including phenoxy) is 3. The average molecular weight is 432 g/mol. The Kier molecular flexibility index (Phi) is 7.85. The summed E-state index contributed by atoms with van der Waals surface area (Å²) in [5.41, 5.74) is 0. The molecule has 0 bridgehead atoms. The van der Waals surface area contributed by atoms with Crippen molar-refractivity contribution >= 4 is 22.1 Å². The summed E-state index contributed by atoms with van der Waals surface area (Å²) in [6.07, 6.45) is -9.28. The summed E-state index contributed by atoms with van der Waals surface area (Å²) in [6.45, 7) is 2.60. The standard InChI is InChI=1S/C12H14F6O8S/c1-6(2)25-9(20)11(12(16,17)18,26-8(19)7(3)13)24-5-4-10(14,15)27(21,22)23/h6H,3-5H2,1-2H3,(H,21,22,23). The third-order valence-corrected chi connectivity index (χ3v) is 3.48. The minimum Gasteiger partial charge on any atom is -0.458 e. The van der Waals surface area contributed by atoms with Crippen molar-refractivity contribution in [3.63, 3.8) is 0 Å². The second-order valence-corrected chi connectivity index (χ2v) is 6.62. The first-order valence-corrected chi connectivity index (χ1v) is 8.15. The van der Waals surface area contributed by atoms with Crippen LogP contribution in [0.4, 0.5) is 26.3 Å². The van der Waals surface area contributed by atoms with E-state index in [0.717, 1.165) is 13.8 Å². The van der Waals surface area contributed by atoms with E-state index in [0.29, 0.717) is 0 Å². The van der Waals surface area contributed by atoms with Gasteiger partial charge < -0.3 is 14.2 Å². The van der Waals surface area contributed by atoms with Crippen molar-refractivity contribution in [1.82, 2.24) is 0 Å². The molecular weight excluding hydrogens is 418 g/mol. The molecule has 27 heavy (non-hydrogen) atoms. The van der Waals surface area contributed by atoms with Crippen molar-refractivity contribution in [3.8, 4) is 0 Å². The fourth-order valence-corrected chi connectivity index (χ4v) is 1.65. The van der Waals surface area contributed by atoms with Gasteiger partial charge in [0.1, 0.15) is 0 Å². The Bertz CT molecular complexity index is 686. The Labute approximate surface area is 148 Å². The number of esters is 2. The fraction of sp³-hybridized carbons (Fsp3) is 0.667. The van der Waals surface area contributed by atoms with Gasteiger partial charge in [0.05, 0.1) is 19.1 Å². The molecule has 0 aromatic carbocycles. The molecule has 1 unspecified atom stereocenters. The molecule has 0 radical (unpaired) electrons. The van der Waals surface area contributed by atoms with Crippen LogP contribution in [-0.4, -0.2) is 54.8 Å². The van der Waals surface area contributed by atoms with Gasteiger partial charge in [-0.05, 0) is 13.8 Å². The molecule has 1 N–H and O–H groups in total. The summed E-state index contributed by atoms with van der Waals surface area (Å²) in [5.74, 6) is -11.7. The number of alkyl halides is 5. The third kappa shape index (κ3) is 6.35. The van der Waals surface area contributed by atoms with E-state index in [1.807, 2.05) is 0 Å². The third-order valence-electron chi connectivity index (χ3n) is 2.52. The van der Waals surface area contributed by atoms with Gasteiger partial charge in [0.15, 0.2) is 0 Å². The summed E-state index contributed by atoms with van der Waals surface area (Å²) in [5, 5.41) is -4.96. The molecule has 158 valence electrons. The molecule has 0 aliphatic rings. The topological polar surface area (TPSA) is 116 Å². The molecular formula is C12H14F6O8S. The zero-order valence-electron chi connectivity index (χ0n) is 13.7. The number of carbonyl (C=O) groups excluding carboxylic acids is 2. The van der Waals surface area contributed by atoms with Crippen LogP contribution < -0.4 is 0 Å². The summed E-state index contributed by atoms with van der Waals surface area (Å²) < 4.78 is 120. The highest BCUT2D eigenvalue weighted by atomic mass is 32.2. The highest BCUT2D eigenvalue weighted by Gasteiger charge is 2.68. The van der Waals surface area contributed by atoms with Crippen molar-refractivity contribution in [2.75, 3.05) is 6.61 Å². The number of rotatable bonds is 9. The van der Waals surface area contributed by atoms with Crippen LogP contribution in [0.2, 0.25) is 0 Å². The molecule has 0 saturated carbocycles. The monoisotopic (exact) mass is 432 g/mol. The van der Waals surface area contributed by atoms with E-state index >= 15 is 0 Å². The Morgan fingerprint density at radius 1 is 1.15 bits per heavy atom. The van der Waals surface area contributed by atoms with Gasteiger partial charge in [-0.25, -0.2) is 9.59 Å². The SMILES string of the molecule is C=C(F)C(=O)OC(OCCC(F)(F)S(=O)(=O)O)(C(=O)OC(C)C)C(F)(F)F. The first kappa shape index (κ1) is 25.1. The summed E-state index contributed by atoms with van der Waals surface area (Å²) in [7, 11) is -6.02. The second kappa shape index (κ2) is 8.43. The van der Waals surface area contributed by atoms with Crippen molar-refractivity contribution in [2.24, 2.45) is 0 Å². The largest absolute Gasteiger partial charge is 0.468 e. The van der Waals surface area contributed by atoms with E-state index in [4.69, 9.17) is 4.55 Å². The molecule has 0 heterocycles. The molecule has 1 atom stereocenters. The predicted molar refractivity (Wildman–Crippen MR) is 73.4 cm³/mol. The normalized spacial score (nSPS) is 15.2. The van der Waals surface area contributed by atoms with E-state index in [1.54, 1.807) is 0 Å². The molecule has 0 aliphatic heterocycles. The van der Waals surface area contributed by atoms with Gasteiger partial charge in [-0.15, -0.1) is 0 Å². The molecule has 0 spiro atoms. The van der Waals surface area contributed by atoms with Crippen LogP contribution in [0.25, 0.3) is 0 Å². The smallest absolute Gasteiger partial charge is 0.458 e. The molecule has 8 nitrogen and oxygen atoms in total. The first-order chi connectivity index (χ1) is 11.9. The molecule has 0 aromatic rings. The van der Waals surface area contributed by atoms with E-state index in [1.165, 1.54) is 0 Å². The molecule has 0 saturated heterocycles. The number of hydrogen-bond acceptors (Lipinski definition) is 7. The maximum absolute atomic E-state index is 13.3. The lowest BCUT2D eigenvalue weighted by Gasteiger charge is -2.32. The van der Waals surface area contributed by atoms with E-state index in [-0.39, 0.29) is 0 Å². The highest BCUT2D eigenvalue weighted by molar-refractivity contribution is 7.86. The Morgan fingerprint density at radius 2 is 1.63 bits per heavy atom. The van der Waals surface area contributed by atoms with Crippen molar-refractivity contribution in [2.45, 2.75) is 43.6 Å². The van der Waals surface area contributed by atoms with Crippen LogP contribution >= 0.6 is 0 Å². The van der Waals surface area contributed by atoms with Gasteiger partial charge in [-0.2, -0.15) is 34.8 Å². The van der Waals surface area contributed by atoms with Crippen LogP contribution in [0.3, 0.4) is 0 Å². The maximum Gasteiger partial charge on any atom is 0.468 e. The van der Waals surface area contributed by atoms with Crippen LogP contribution in [0.5, 0.6) is 0 Å². The van der Waals surface area contributed by atoms with Gasteiger partial charge in [-0.3, -0.25) is 4.55 Å². The summed E-state index contributed by atoms with van der Waals surface area (Å²) in [4.78, 5) is 22.9. The molecule has 0 fully saturated rings. The average Bonchev–Trinajstić information content (AvgIpc) is 2.42. The van der Waals surface area contributed by atoms with Gasteiger partial charge in [0, 0.05) is 0 Å². The minimum atomic E-state index is -6.02. The Morgan fingerprint density at radius 3 is 1.96 bits per heavy atom. The van der Waals surface area contributed by atoms with Crippen LogP contribution in [0, 0.1) is 0 Å². The zero-order chi connectivity index (χ0) is 21.8. The van der Waals surface area contributed by atoms with Gasteiger partial charge in [0.2, 0.25) is 5.83 Å². The fourth-order valence-electron chi connectivity index (χ4n) is 1.31. The number of hydrogen-bond donors (Lipinski definition) is 1. The summed E-state index contributed by atoms with van der Waals surface area (Å²) >= 11 is 0. The van der Waals surface area contributed by atoms with E-state index < -0.39 is 64.2 Å². The van der Waals surface area contributed by atoms with Gasteiger partial charge >= 0.3 is 39.3 Å². The quantitative estimate of drug-likeness (QED) is 0.194. The summed E-state index contributed by atoms with van der Waals surface area (Å²) in [6, 6.07) is 0.